The maximum absolute atomic E-state index is 12.0. The van der Waals surface area contributed by atoms with Gasteiger partial charge < -0.3 is 19.9 Å². The molecule has 0 aliphatic heterocycles. The third kappa shape index (κ3) is 7.09. The minimum Gasteiger partial charge on any atom is -0.369 e. The van der Waals surface area contributed by atoms with Crippen LogP contribution >= 0.6 is 0 Å². The summed E-state index contributed by atoms with van der Waals surface area (Å²) in [5, 5.41) is 7.33. The number of hydrogen-bond donors (Lipinski definition) is 2. The number of nitrogens with one attached hydrogen (secondary N) is 2. The van der Waals surface area contributed by atoms with Gasteiger partial charge in [-0.15, -0.1) is 0 Å². The maximum Gasteiger partial charge on any atom is 0.405 e. The zero-order valence-corrected chi connectivity index (χ0v) is 13.8. The summed E-state index contributed by atoms with van der Waals surface area (Å²) in [6.07, 6.45) is 3.58. The van der Waals surface area contributed by atoms with E-state index < -0.39 is 31.1 Å². The summed E-state index contributed by atoms with van der Waals surface area (Å²) >= 11 is 0. The summed E-state index contributed by atoms with van der Waals surface area (Å²) in [5.41, 5.74) is 0.961. The van der Waals surface area contributed by atoms with Crippen molar-refractivity contribution in [3.8, 4) is 0 Å². The van der Waals surface area contributed by atoms with E-state index in [-0.39, 0.29) is 12.3 Å². The highest BCUT2D eigenvalue weighted by molar-refractivity contribution is 5.94. The van der Waals surface area contributed by atoms with Crippen LogP contribution < -0.4 is 10.6 Å². The summed E-state index contributed by atoms with van der Waals surface area (Å²) in [4.78, 5) is 23.0. The molecule has 0 unspecified atom stereocenters. The smallest absolute Gasteiger partial charge is 0.369 e. The van der Waals surface area contributed by atoms with Crippen molar-refractivity contribution in [3.05, 3.63) is 41.3 Å². The summed E-state index contributed by atoms with van der Waals surface area (Å²) < 4.78 is 46.3. The van der Waals surface area contributed by atoms with Crippen molar-refractivity contribution in [1.82, 2.24) is 15.8 Å². The Kier molecular flexibility index (Phi) is 6.96. The second kappa shape index (κ2) is 9.18. The number of nitrogens with zero attached hydrogens (tertiary/aromatic N) is 1. The average molecular weight is 373 g/mol. The number of ether oxygens (including phenoxy) is 1. The molecule has 0 fully saturated rings. The van der Waals surface area contributed by atoms with E-state index in [1.807, 2.05) is 6.08 Å². The minimum absolute atomic E-state index is 0.0935. The molecule has 0 bridgehead atoms. The third-order valence-corrected chi connectivity index (χ3v) is 3.27. The molecule has 10 heteroatoms. The summed E-state index contributed by atoms with van der Waals surface area (Å²) in [6.45, 7) is -1.55. The molecule has 7 nitrogen and oxygen atoms in total. The Morgan fingerprint density at radius 3 is 2.73 bits per heavy atom. The van der Waals surface area contributed by atoms with Gasteiger partial charge in [-0.25, -0.2) is 0 Å². The molecule has 1 aliphatic rings. The first-order chi connectivity index (χ1) is 12.3. The SMILES string of the molecule is O=C(CNC(=O)c1cc(COCC2=CCCC=C2)on1)NCC(F)(F)F. The molecule has 0 saturated heterocycles. The van der Waals surface area contributed by atoms with Gasteiger partial charge in [0.2, 0.25) is 5.91 Å². The van der Waals surface area contributed by atoms with Crippen molar-refractivity contribution in [2.45, 2.75) is 25.6 Å². The fourth-order valence-corrected chi connectivity index (χ4v) is 2.04. The summed E-state index contributed by atoms with van der Waals surface area (Å²) in [7, 11) is 0. The molecule has 0 radical (unpaired) electrons. The first-order valence-electron chi connectivity index (χ1n) is 7.84. The predicted molar refractivity (Wildman–Crippen MR) is 84.0 cm³/mol. The minimum atomic E-state index is -4.51. The number of halogens is 3. The molecule has 1 aromatic rings. The molecular formula is C16H18F3N3O4. The van der Waals surface area contributed by atoms with Gasteiger partial charge in [0, 0.05) is 6.07 Å². The highest BCUT2D eigenvalue weighted by Gasteiger charge is 2.27. The predicted octanol–water partition coefficient (Wildman–Crippen LogP) is 1.88. The van der Waals surface area contributed by atoms with Crippen LogP contribution in [0, 0.1) is 0 Å². The van der Waals surface area contributed by atoms with Gasteiger partial charge in [-0.3, -0.25) is 9.59 Å². The average Bonchev–Trinajstić information content (AvgIpc) is 3.07. The van der Waals surface area contributed by atoms with Crippen LogP contribution in [0.2, 0.25) is 0 Å². The lowest BCUT2D eigenvalue weighted by atomic mass is 10.1. The lowest BCUT2D eigenvalue weighted by Gasteiger charge is -2.08. The fraction of sp³-hybridized carbons (Fsp3) is 0.438. The van der Waals surface area contributed by atoms with E-state index in [1.165, 1.54) is 6.07 Å². The fourth-order valence-electron chi connectivity index (χ4n) is 2.04. The van der Waals surface area contributed by atoms with Crippen LogP contribution in [0.3, 0.4) is 0 Å². The maximum atomic E-state index is 12.0. The van der Waals surface area contributed by atoms with E-state index >= 15 is 0 Å². The van der Waals surface area contributed by atoms with Crippen LogP contribution in [0.5, 0.6) is 0 Å². The number of rotatable bonds is 8. The lowest BCUT2D eigenvalue weighted by molar-refractivity contribution is -0.137. The van der Waals surface area contributed by atoms with Crippen LogP contribution in [-0.2, 0) is 16.1 Å². The summed E-state index contributed by atoms with van der Waals surface area (Å²) in [6, 6.07) is 1.34. The van der Waals surface area contributed by atoms with Crippen LogP contribution in [0.1, 0.15) is 29.1 Å². The van der Waals surface area contributed by atoms with Crippen molar-refractivity contribution >= 4 is 11.8 Å². The molecule has 2 amide bonds. The molecule has 0 atom stereocenters. The van der Waals surface area contributed by atoms with Gasteiger partial charge >= 0.3 is 6.18 Å². The van der Waals surface area contributed by atoms with Gasteiger partial charge in [0.05, 0.1) is 13.2 Å². The number of allylic oxidation sites excluding steroid dienone is 2. The van der Waals surface area contributed by atoms with Crippen molar-refractivity contribution in [2.75, 3.05) is 19.7 Å². The number of hydrogen-bond acceptors (Lipinski definition) is 5. The Morgan fingerprint density at radius 2 is 2.04 bits per heavy atom. The van der Waals surface area contributed by atoms with E-state index in [0.29, 0.717) is 12.4 Å². The number of amides is 2. The van der Waals surface area contributed by atoms with E-state index in [0.717, 1.165) is 18.4 Å². The van der Waals surface area contributed by atoms with Crippen LogP contribution in [-0.4, -0.2) is 42.8 Å². The number of carbonyl (C=O) groups is 2. The second-order valence-electron chi connectivity index (χ2n) is 5.50. The molecule has 0 saturated carbocycles. The van der Waals surface area contributed by atoms with Gasteiger partial charge in [0.1, 0.15) is 13.2 Å². The Bertz CT molecular complexity index is 695. The normalized spacial score (nSPS) is 14.0. The van der Waals surface area contributed by atoms with Crippen LogP contribution in [0.15, 0.2) is 34.4 Å². The molecule has 2 N–H and O–H groups in total. The van der Waals surface area contributed by atoms with Crippen molar-refractivity contribution in [1.29, 1.82) is 0 Å². The van der Waals surface area contributed by atoms with Crippen molar-refractivity contribution in [2.24, 2.45) is 0 Å². The lowest BCUT2D eigenvalue weighted by Crippen LogP contribution is -2.40. The highest BCUT2D eigenvalue weighted by Crippen LogP contribution is 2.12. The standard InChI is InChI=1S/C16H18F3N3O4/c17-16(18,19)10-21-14(23)7-20-15(24)13-6-12(26-22-13)9-25-8-11-4-2-1-3-5-11/h2,4-6H,1,3,7-10H2,(H,20,24)(H,21,23). The molecule has 0 spiro atoms. The summed E-state index contributed by atoms with van der Waals surface area (Å²) in [5.74, 6) is -1.38. The Morgan fingerprint density at radius 1 is 1.23 bits per heavy atom. The third-order valence-electron chi connectivity index (χ3n) is 3.27. The number of alkyl halides is 3. The number of carbonyl (C=O) groups excluding carboxylic acids is 2. The van der Waals surface area contributed by atoms with E-state index in [4.69, 9.17) is 9.26 Å². The Balaban J connectivity index is 1.70. The van der Waals surface area contributed by atoms with Gasteiger partial charge in [-0.1, -0.05) is 23.4 Å². The molecule has 1 aliphatic carbocycles. The van der Waals surface area contributed by atoms with Gasteiger partial charge in [0.25, 0.3) is 5.91 Å². The van der Waals surface area contributed by atoms with Crippen LogP contribution in [0.25, 0.3) is 0 Å². The molecular weight excluding hydrogens is 355 g/mol. The van der Waals surface area contributed by atoms with Crippen molar-refractivity contribution < 1.29 is 32.0 Å². The topological polar surface area (TPSA) is 93.5 Å². The Hall–Kier alpha value is -2.62. The van der Waals surface area contributed by atoms with E-state index in [9.17, 15) is 22.8 Å². The second-order valence-corrected chi connectivity index (χ2v) is 5.50. The molecule has 1 aromatic heterocycles. The molecule has 2 rings (SSSR count). The largest absolute Gasteiger partial charge is 0.405 e. The van der Waals surface area contributed by atoms with Gasteiger partial charge in [-0.05, 0) is 18.4 Å². The monoisotopic (exact) mass is 373 g/mol. The van der Waals surface area contributed by atoms with E-state index in [1.54, 1.807) is 5.32 Å². The first kappa shape index (κ1) is 19.7. The molecule has 142 valence electrons. The zero-order valence-electron chi connectivity index (χ0n) is 13.8. The van der Waals surface area contributed by atoms with E-state index in [2.05, 4.69) is 22.6 Å². The molecule has 26 heavy (non-hydrogen) atoms. The number of aromatic nitrogens is 1. The van der Waals surface area contributed by atoms with Crippen molar-refractivity contribution in [3.63, 3.8) is 0 Å². The first-order valence-corrected chi connectivity index (χ1v) is 7.84. The molecule has 0 aromatic carbocycles. The quantitative estimate of drug-likeness (QED) is 0.726. The zero-order chi connectivity index (χ0) is 19.0. The van der Waals surface area contributed by atoms with Gasteiger partial charge in [-0.2, -0.15) is 13.2 Å². The highest BCUT2D eigenvalue weighted by atomic mass is 19.4. The molecule has 1 heterocycles. The van der Waals surface area contributed by atoms with Crippen LogP contribution in [0.4, 0.5) is 13.2 Å². The van der Waals surface area contributed by atoms with Gasteiger partial charge in [0.15, 0.2) is 11.5 Å². The Labute approximate surface area is 147 Å².